The molecule has 0 saturated carbocycles. The Morgan fingerprint density at radius 2 is 1.29 bits per heavy atom. The molecule has 0 aromatic heterocycles. The molecular weight excluding hydrogens is 249 g/mol. The summed E-state index contributed by atoms with van der Waals surface area (Å²) in [5.41, 5.74) is -3.89. The summed E-state index contributed by atoms with van der Waals surface area (Å²) in [6.45, 7) is 0. The number of hydrogen-bond acceptors (Lipinski definition) is 7. The van der Waals surface area contributed by atoms with Gasteiger partial charge >= 0.3 is 46.6 Å². The van der Waals surface area contributed by atoms with E-state index in [1.165, 1.54) is 0 Å². The molecule has 1 rings (SSSR count). The molecule has 17 heavy (non-hydrogen) atoms. The van der Waals surface area contributed by atoms with Gasteiger partial charge in [-0.1, -0.05) is 6.07 Å². The molecule has 0 unspecified atom stereocenters. The molecule has 0 bridgehead atoms. The quantitative estimate of drug-likeness (QED) is 0.326. The zero-order chi connectivity index (χ0) is 12.5. The van der Waals surface area contributed by atoms with Crippen LogP contribution < -0.4 is 34.7 Å². The van der Waals surface area contributed by atoms with Crippen molar-refractivity contribution >= 4 is 17.1 Å². The van der Waals surface area contributed by atoms with Crippen molar-refractivity contribution in [2.45, 2.75) is 0 Å². The van der Waals surface area contributed by atoms with Gasteiger partial charge in [-0.3, -0.25) is 30.3 Å². The summed E-state index contributed by atoms with van der Waals surface area (Å²) < 4.78 is 0. The van der Waals surface area contributed by atoms with Crippen molar-refractivity contribution in [1.82, 2.24) is 0 Å². The van der Waals surface area contributed by atoms with Crippen LogP contribution >= 0.6 is 0 Å². The molecule has 10 nitrogen and oxygen atoms in total. The molecule has 0 saturated heterocycles. The van der Waals surface area contributed by atoms with Gasteiger partial charge in [-0.2, -0.15) is 0 Å². The van der Waals surface area contributed by atoms with Gasteiger partial charge in [0.1, 0.15) is 0 Å². The summed E-state index contributed by atoms with van der Waals surface area (Å²) in [6, 6.07) is 1.11. The maximum Gasteiger partial charge on any atom is 1.00 e. The molecule has 0 fully saturated rings. The van der Waals surface area contributed by atoms with E-state index in [2.05, 4.69) is 0 Å². The first kappa shape index (κ1) is 15.2. The molecule has 0 N–H and O–H groups in total. The summed E-state index contributed by atoms with van der Waals surface area (Å²) in [4.78, 5) is 27.5. The van der Waals surface area contributed by atoms with Crippen molar-refractivity contribution in [3.05, 3.63) is 42.5 Å². The number of rotatable bonds is 3. The summed E-state index contributed by atoms with van der Waals surface area (Å²) in [5, 5.41) is 42.2. The molecule has 1 aromatic rings. The molecule has 0 radical (unpaired) electrons. The van der Waals surface area contributed by atoms with Crippen molar-refractivity contribution < 1.29 is 49.4 Å². The molecule has 0 atom stereocenters. The molecule has 0 aliphatic rings. The van der Waals surface area contributed by atoms with Crippen LogP contribution in [0.4, 0.5) is 17.1 Å². The third kappa shape index (κ3) is 2.87. The molecule has 84 valence electrons. The Labute approximate surface area is 115 Å². The topological polar surface area (TPSA) is 152 Å². The fourth-order valence-electron chi connectivity index (χ4n) is 1.05. The Bertz CT molecular complexity index is 503. The van der Waals surface area contributed by atoms with E-state index in [9.17, 15) is 35.4 Å². The van der Waals surface area contributed by atoms with Crippen LogP contribution in [0, 0.1) is 30.3 Å². The second kappa shape index (κ2) is 5.52. The van der Waals surface area contributed by atoms with Crippen molar-refractivity contribution in [3.8, 4) is 5.75 Å². The SMILES string of the molecule is O=[N+]([O-])c1ccc([O-])c([N+](=O)[O-])c1[N+](=O)[O-].[Na+]. The summed E-state index contributed by atoms with van der Waals surface area (Å²) >= 11 is 0. The van der Waals surface area contributed by atoms with Crippen LogP contribution in [0.3, 0.4) is 0 Å². The van der Waals surface area contributed by atoms with Crippen molar-refractivity contribution in [2.75, 3.05) is 0 Å². The van der Waals surface area contributed by atoms with Crippen LogP contribution in [-0.2, 0) is 0 Å². The molecule has 1 aromatic carbocycles. The number of nitrogens with zero attached hydrogens (tertiary/aromatic N) is 3. The molecule has 0 spiro atoms. The van der Waals surface area contributed by atoms with Crippen LogP contribution in [0.2, 0.25) is 0 Å². The van der Waals surface area contributed by atoms with E-state index in [4.69, 9.17) is 0 Å². The Hall–Kier alpha value is -1.78. The first-order valence-corrected chi connectivity index (χ1v) is 3.63. The van der Waals surface area contributed by atoms with E-state index in [1.807, 2.05) is 0 Å². The minimum absolute atomic E-state index is 0. The fourth-order valence-corrected chi connectivity index (χ4v) is 1.05. The predicted octanol–water partition coefficient (Wildman–Crippen LogP) is -2.51. The Morgan fingerprint density at radius 3 is 1.65 bits per heavy atom. The average molecular weight is 251 g/mol. The fraction of sp³-hybridized carbons (Fsp3) is 0. The van der Waals surface area contributed by atoms with E-state index in [-0.39, 0.29) is 29.6 Å². The minimum atomic E-state index is -1.40. The molecule has 0 aliphatic carbocycles. The molecule has 0 heterocycles. The van der Waals surface area contributed by atoms with Crippen molar-refractivity contribution in [1.29, 1.82) is 0 Å². The smallest absolute Gasteiger partial charge is 0.868 e. The van der Waals surface area contributed by atoms with Crippen LogP contribution in [-0.4, -0.2) is 14.8 Å². The molecule has 0 aliphatic heterocycles. The zero-order valence-corrected chi connectivity index (χ0v) is 10.4. The normalized spacial score (nSPS) is 9.18. The van der Waals surface area contributed by atoms with Crippen molar-refractivity contribution in [3.63, 3.8) is 0 Å². The van der Waals surface area contributed by atoms with Crippen LogP contribution in [0.25, 0.3) is 0 Å². The van der Waals surface area contributed by atoms with Crippen LogP contribution in [0.1, 0.15) is 0 Å². The summed E-state index contributed by atoms with van der Waals surface area (Å²) in [5.74, 6) is -1.25. The van der Waals surface area contributed by atoms with E-state index in [0.29, 0.717) is 12.1 Å². The van der Waals surface area contributed by atoms with Gasteiger partial charge in [-0.05, 0) is 5.75 Å². The Kier molecular flexibility index (Phi) is 4.94. The zero-order valence-electron chi connectivity index (χ0n) is 8.35. The molecule has 11 heteroatoms. The predicted molar refractivity (Wildman–Crippen MR) is 45.9 cm³/mol. The van der Waals surface area contributed by atoms with Gasteiger partial charge < -0.3 is 5.11 Å². The third-order valence-corrected chi connectivity index (χ3v) is 1.65. The van der Waals surface area contributed by atoms with Gasteiger partial charge in [0.15, 0.2) is 0 Å². The van der Waals surface area contributed by atoms with Gasteiger partial charge in [0.05, 0.1) is 14.8 Å². The standard InChI is InChI=1S/C6H3N3O7.Na/c10-4-2-1-3(7(11)12)5(8(13)14)6(4)9(15)16;/h1-2,10H;/q;+1/p-1. The number of hydrogen-bond donors (Lipinski definition) is 0. The Morgan fingerprint density at radius 1 is 0.824 bits per heavy atom. The van der Waals surface area contributed by atoms with Gasteiger partial charge in [-0.25, -0.2) is 0 Å². The summed E-state index contributed by atoms with van der Waals surface area (Å²) in [6.07, 6.45) is 0. The number of benzene rings is 1. The maximum atomic E-state index is 11.0. The largest absolute Gasteiger partial charge is 1.00 e. The van der Waals surface area contributed by atoms with Gasteiger partial charge in [0, 0.05) is 6.07 Å². The second-order valence-electron chi connectivity index (χ2n) is 2.55. The molecular formula is C6H2N3NaO7. The Balaban J connectivity index is 0.00000256. The van der Waals surface area contributed by atoms with E-state index in [0.717, 1.165) is 0 Å². The van der Waals surface area contributed by atoms with Crippen LogP contribution in [0.5, 0.6) is 5.75 Å². The number of nitro benzene ring substituents is 3. The van der Waals surface area contributed by atoms with Gasteiger partial charge in [0.25, 0.3) is 0 Å². The third-order valence-electron chi connectivity index (χ3n) is 1.65. The average Bonchev–Trinajstić information content (AvgIpc) is 2.15. The van der Waals surface area contributed by atoms with E-state index in [1.54, 1.807) is 0 Å². The maximum absolute atomic E-state index is 11.0. The van der Waals surface area contributed by atoms with E-state index < -0.39 is 37.6 Å². The number of nitro groups is 3. The van der Waals surface area contributed by atoms with E-state index >= 15 is 0 Å². The van der Waals surface area contributed by atoms with Gasteiger partial charge in [-0.15, -0.1) is 0 Å². The monoisotopic (exact) mass is 251 g/mol. The van der Waals surface area contributed by atoms with Crippen LogP contribution in [0.15, 0.2) is 12.1 Å². The van der Waals surface area contributed by atoms with Gasteiger partial charge in [0.2, 0.25) is 0 Å². The molecule has 0 amide bonds. The first-order chi connectivity index (χ1) is 7.36. The minimum Gasteiger partial charge on any atom is -0.868 e. The first-order valence-electron chi connectivity index (χ1n) is 3.63. The van der Waals surface area contributed by atoms with Crippen molar-refractivity contribution in [2.24, 2.45) is 0 Å². The summed E-state index contributed by atoms with van der Waals surface area (Å²) in [7, 11) is 0. The second-order valence-corrected chi connectivity index (χ2v) is 2.55.